The van der Waals surface area contributed by atoms with Crippen molar-refractivity contribution in [2.45, 2.75) is 56.5 Å². The van der Waals surface area contributed by atoms with Crippen molar-refractivity contribution >= 4 is 29.7 Å². The third-order valence-corrected chi connectivity index (χ3v) is 7.84. The lowest BCUT2D eigenvalue weighted by Crippen LogP contribution is -2.57. The first kappa shape index (κ1) is 25.1. The van der Waals surface area contributed by atoms with Crippen molar-refractivity contribution in [2.24, 2.45) is 0 Å². The van der Waals surface area contributed by atoms with Crippen LogP contribution in [0.4, 0.5) is 4.79 Å². The zero-order valence-corrected chi connectivity index (χ0v) is 20.7. The molecule has 0 spiro atoms. The van der Waals surface area contributed by atoms with Crippen LogP contribution in [0, 0.1) is 0 Å². The summed E-state index contributed by atoms with van der Waals surface area (Å²) in [7, 11) is 0. The number of nitrogens with one attached hydrogen (secondary N) is 2. The molecule has 0 aromatic heterocycles. The number of thioether (sulfide) groups is 1. The van der Waals surface area contributed by atoms with Crippen LogP contribution in [0.25, 0.3) is 11.1 Å². The van der Waals surface area contributed by atoms with Crippen molar-refractivity contribution in [3.8, 4) is 11.1 Å². The van der Waals surface area contributed by atoms with Crippen molar-refractivity contribution in [3.63, 3.8) is 0 Å². The van der Waals surface area contributed by atoms with Gasteiger partial charge in [0.15, 0.2) is 0 Å². The third-order valence-electron chi connectivity index (χ3n) is 6.86. The van der Waals surface area contributed by atoms with E-state index in [2.05, 4.69) is 34.9 Å². The number of amides is 2. The molecule has 1 saturated heterocycles. The van der Waals surface area contributed by atoms with Gasteiger partial charge in [0.25, 0.3) is 0 Å². The average molecular weight is 497 g/mol. The molecule has 2 amide bonds. The minimum absolute atomic E-state index is 0.0647. The van der Waals surface area contributed by atoms with Crippen molar-refractivity contribution in [1.29, 1.82) is 0 Å². The first-order valence-electron chi connectivity index (χ1n) is 12.2. The highest BCUT2D eigenvalue weighted by atomic mass is 32.2. The zero-order valence-electron chi connectivity index (χ0n) is 19.9. The predicted octanol–water partition coefficient (Wildman–Crippen LogP) is 4.55. The highest BCUT2D eigenvalue weighted by molar-refractivity contribution is 7.99. The molecule has 0 unspecified atom stereocenters. The highest BCUT2D eigenvalue weighted by Crippen LogP contribution is 2.44. The molecular formula is C27H32N2O5S. The molecule has 2 aromatic carbocycles. The lowest BCUT2D eigenvalue weighted by molar-refractivity contribution is -0.139. The number of alkyl carbamates (subject to hydrolysis) is 1. The van der Waals surface area contributed by atoms with E-state index in [0.29, 0.717) is 25.7 Å². The van der Waals surface area contributed by atoms with E-state index >= 15 is 0 Å². The molecule has 7 nitrogen and oxygen atoms in total. The molecule has 1 fully saturated rings. The van der Waals surface area contributed by atoms with Crippen molar-refractivity contribution in [1.82, 2.24) is 10.6 Å². The van der Waals surface area contributed by atoms with Gasteiger partial charge in [0.05, 0.1) is 12.0 Å². The summed E-state index contributed by atoms with van der Waals surface area (Å²) in [6.07, 6.45) is 1.55. The number of carboxylic acid groups (broad SMARTS) is 1. The van der Waals surface area contributed by atoms with Gasteiger partial charge < -0.3 is 20.5 Å². The van der Waals surface area contributed by atoms with Gasteiger partial charge in [-0.1, -0.05) is 61.9 Å². The molecule has 8 heteroatoms. The summed E-state index contributed by atoms with van der Waals surface area (Å²) in [5, 5.41) is 15.1. The fraction of sp³-hybridized carbons (Fsp3) is 0.444. The number of carboxylic acids is 1. The summed E-state index contributed by atoms with van der Waals surface area (Å²) in [4.78, 5) is 37.3. The van der Waals surface area contributed by atoms with E-state index in [0.717, 1.165) is 33.8 Å². The monoisotopic (exact) mass is 496 g/mol. The summed E-state index contributed by atoms with van der Waals surface area (Å²) in [6.45, 7) is 2.10. The summed E-state index contributed by atoms with van der Waals surface area (Å²) in [5.74, 6) is 0.241. The van der Waals surface area contributed by atoms with Gasteiger partial charge in [-0.25, -0.2) is 4.79 Å². The first-order valence-corrected chi connectivity index (χ1v) is 13.3. The Labute approximate surface area is 210 Å². The van der Waals surface area contributed by atoms with Crippen LogP contribution in [0.5, 0.6) is 0 Å². The van der Waals surface area contributed by atoms with Gasteiger partial charge in [-0.2, -0.15) is 11.8 Å². The lowest BCUT2D eigenvalue weighted by Gasteiger charge is -2.37. The number of hydrogen-bond donors (Lipinski definition) is 3. The van der Waals surface area contributed by atoms with E-state index in [9.17, 15) is 19.5 Å². The zero-order chi connectivity index (χ0) is 24.8. The Kier molecular flexibility index (Phi) is 8.00. The molecule has 1 aliphatic heterocycles. The average Bonchev–Trinajstić information content (AvgIpc) is 3.16. The maximum atomic E-state index is 13.1. The Hall–Kier alpha value is -3.00. The number of aliphatic carboxylic acids is 1. The number of carbonyl (C=O) groups is 3. The van der Waals surface area contributed by atoms with Crippen LogP contribution in [-0.2, 0) is 14.3 Å². The quantitative estimate of drug-likeness (QED) is 0.470. The number of ether oxygens (including phenoxy) is 1. The SMILES string of the molecule is CCC[C@H](NC(=O)OCC1c2ccccc2-c2ccccc21)C(=O)NC1(CC(=O)O)CCSCC1. The number of carbonyl (C=O) groups excluding carboxylic acids is 2. The molecule has 4 rings (SSSR count). The van der Waals surface area contributed by atoms with E-state index in [-0.39, 0.29) is 24.9 Å². The summed E-state index contributed by atoms with van der Waals surface area (Å²) in [6, 6.07) is 15.4. The summed E-state index contributed by atoms with van der Waals surface area (Å²) >= 11 is 1.76. The minimum Gasteiger partial charge on any atom is -0.481 e. The molecule has 1 heterocycles. The van der Waals surface area contributed by atoms with Crippen LogP contribution >= 0.6 is 11.8 Å². The van der Waals surface area contributed by atoms with Crippen LogP contribution < -0.4 is 10.6 Å². The Morgan fingerprint density at radius 1 is 1.06 bits per heavy atom. The molecule has 0 radical (unpaired) electrons. The second kappa shape index (κ2) is 11.2. The molecular weight excluding hydrogens is 464 g/mol. The number of rotatable bonds is 9. The molecule has 3 N–H and O–H groups in total. The van der Waals surface area contributed by atoms with Gasteiger partial charge in [0.1, 0.15) is 12.6 Å². The normalized spacial score (nSPS) is 17.1. The molecule has 2 aliphatic rings. The van der Waals surface area contributed by atoms with E-state index in [1.165, 1.54) is 0 Å². The molecule has 0 bridgehead atoms. The number of fused-ring (bicyclic) bond motifs is 3. The molecule has 186 valence electrons. The lowest BCUT2D eigenvalue weighted by atomic mass is 9.88. The van der Waals surface area contributed by atoms with E-state index in [1.54, 1.807) is 11.8 Å². The molecule has 35 heavy (non-hydrogen) atoms. The fourth-order valence-corrected chi connectivity index (χ4v) is 6.36. The first-order chi connectivity index (χ1) is 16.9. The summed E-state index contributed by atoms with van der Waals surface area (Å²) < 4.78 is 5.62. The van der Waals surface area contributed by atoms with E-state index in [4.69, 9.17) is 4.74 Å². The second-order valence-electron chi connectivity index (χ2n) is 9.26. The van der Waals surface area contributed by atoms with Crippen molar-refractivity contribution < 1.29 is 24.2 Å². The van der Waals surface area contributed by atoms with Crippen molar-refractivity contribution in [2.75, 3.05) is 18.1 Å². The molecule has 0 saturated carbocycles. The van der Waals surface area contributed by atoms with Crippen LogP contribution in [0.2, 0.25) is 0 Å². The Bertz CT molecular complexity index is 1040. The van der Waals surface area contributed by atoms with Crippen LogP contribution in [0.1, 0.15) is 56.1 Å². The van der Waals surface area contributed by atoms with Gasteiger partial charge in [-0.3, -0.25) is 9.59 Å². The van der Waals surface area contributed by atoms with Crippen LogP contribution in [0.3, 0.4) is 0 Å². The topological polar surface area (TPSA) is 105 Å². The van der Waals surface area contributed by atoms with Gasteiger partial charge in [-0.05, 0) is 53.0 Å². The van der Waals surface area contributed by atoms with E-state index in [1.807, 2.05) is 31.2 Å². The smallest absolute Gasteiger partial charge is 0.407 e. The second-order valence-corrected chi connectivity index (χ2v) is 10.5. The largest absolute Gasteiger partial charge is 0.481 e. The fourth-order valence-electron chi connectivity index (χ4n) is 5.09. The third kappa shape index (κ3) is 5.81. The highest BCUT2D eigenvalue weighted by Gasteiger charge is 2.38. The van der Waals surface area contributed by atoms with Gasteiger partial charge >= 0.3 is 12.1 Å². The Morgan fingerprint density at radius 3 is 2.23 bits per heavy atom. The maximum Gasteiger partial charge on any atom is 0.407 e. The van der Waals surface area contributed by atoms with Crippen LogP contribution in [0.15, 0.2) is 48.5 Å². The van der Waals surface area contributed by atoms with Gasteiger partial charge in [0.2, 0.25) is 5.91 Å². The maximum absolute atomic E-state index is 13.1. The molecule has 1 atom stereocenters. The molecule has 2 aromatic rings. The van der Waals surface area contributed by atoms with E-state index < -0.39 is 23.6 Å². The number of benzene rings is 2. The van der Waals surface area contributed by atoms with Gasteiger partial charge in [-0.15, -0.1) is 0 Å². The Balaban J connectivity index is 1.40. The number of hydrogen-bond acceptors (Lipinski definition) is 5. The van der Waals surface area contributed by atoms with Gasteiger partial charge in [0, 0.05) is 5.92 Å². The summed E-state index contributed by atoms with van der Waals surface area (Å²) in [5.41, 5.74) is 3.76. The molecule has 1 aliphatic carbocycles. The van der Waals surface area contributed by atoms with Crippen LogP contribution in [-0.4, -0.2) is 52.8 Å². The predicted molar refractivity (Wildman–Crippen MR) is 137 cm³/mol. The van der Waals surface area contributed by atoms with Crippen molar-refractivity contribution in [3.05, 3.63) is 59.7 Å². The Morgan fingerprint density at radius 2 is 1.66 bits per heavy atom. The standard InChI is InChI=1S/C27H32N2O5S/c1-2-7-23(25(32)29-27(16-24(30)31)12-14-35-15-13-27)28-26(33)34-17-22-20-10-5-3-8-18(20)19-9-4-6-11-21(19)22/h3-6,8-11,22-23H,2,7,12-17H2,1H3,(H,28,33)(H,29,32)(H,30,31)/t23-/m0/s1. The minimum atomic E-state index is -0.936.